The number of aromatic nitrogens is 1. The van der Waals surface area contributed by atoms with Crippen molar-refractivity contribution in [2.45, 2.75) is 38.5 Å². The highest BCUT2D eigenvalue weighted by molar-refractivity contribution is 6.11. The molecule has 10 rings (SSSR count). The molecule has 2 nitrogen and oxygen atoms in total. The summed E-state index contributed by atoms with van der Waals surface area (Å²) in [5.74, 6) is 0. The highest BCUT2D eigenvalue weighted by Crippen LogP contribution is 2.53. The molecule has 0 bridgehead atoms. The van der Waals surface area contributed by atoms with Crippen LogP contribution in [-0.4, -0.2) is 10.8 Å². The number of aliphatic imine (C=N–C) groups is 1. The molecule has 0 amide bonds. The zero-order valence-electron chi connectivity index (χ0n) is 32.5. The van der Waals surface area contributed by atoms with Gasteiger partial charge in [0.15, 0.2) is 0 Å². The van der Waals surface area contributed by atoms with E-state index < -0.39 is 0 Å². The van der Waals surface area contributed by atoms with Gasteiger partial charge in [0.1, 0.15) is 0 Å². The van der Waals surface area contributed by atoms with Gasteiger partial charge in [0.25, 0.3) is 0 Å². The first kappa shape index (κ1) is 34.7. The zero-order valence-corrected chi connectivity index (χ0v) is 32.5. The second-order valence-electron chi connectivity index (χ2n) is 15.8. The molecule has 1 aromatic heterocycles. The molecular formula is C55H44N2. The monoisotopic (exact) mass is 732 g/mol. The Kier molecular flexibility index (Phi) is 8.76. The lowest BCUT2D eigenvalue weighted by atomic mass is 9.78. The molecule has 7 aromatic carbocycles. The average Bonchev–Trinajstić information content (AvgIpc) is 3.72. The van der Waals surface area contributed by atoms with E-state index in [1.165, 1.54) is 83.1 Å². The third-order valence-electron chi connectivity index (χ3n) is 11.9. The summed E-state index contributed by atoms with van der Waals surface area (Å²) in [5, 5.41) is 2.49. The van der Waals surface area contributed by atoms with E-state index in [1.54, 1.807) is 0 Å². The van der Waals surface area contributed by atoms with Crippen molar-refractivity contribution in [2.75, 3.05) is 0 Å². The molecule has 2 aliphatic rings. The average molecular weight is 733 g/mol. The number of nitrogens with zero attached hydrogens (tertiary/aromatic N) is 2. The van der Waals surface area contributed by atoms with Gasteiger partial charge in [-0.3, -0.25) is 4.99 Å². The van der Waals surface area contributed by atoms with Crippen LogP contribution >= 0.6 is 0 Å². The maximum atomic E-state index is 5.08. The third kappa shape index (κ3) is 6.19. The molecule has 57 heavy (non-hydrogen) atoms. The molecule has 1 heterocycles. The van der Waals surface area contributed by atoms with Crippen molar-refractivity contribution in [1.29, 1.82) is 0 Å². The van der Waals surface area contributed by atoms with E-state index in [-0.39, 0.29) is 5.41 Å². The highest BCUT2D eigenvalue weighted by Gasteiger charge is 2.37. The maximum Gasteiger partial charge on any atom is 0.0662 e. The van der Waals surface area contributed by atoms with Crippen LogP contribution in [0.3, 0.4) is 0 Å². The summed E-state index contributed by atoms with van der Waals surface area (Å²) in [5.41, 5.74) is 18.4. The molecule has 8 aromatic rings. The van der Waals surface area contributed by atoms with Gasteiger partial charge in [0.2, 0.25) is 0 Å². The van der Waals surface area contributed by atoms with E-state index in [0.29, 0.717) is 0 Å². The lowest BCUT2D eigenvalue weighted by Crippen LogP contribution is -2.16. The minimum absolute atomic E-state index is 0.116. The van der Waals surface area contributed by atoms with Crippen LogP contribution in [0.25, 0.3) is 60.9 Å². The molecule has 0 saturated heterocycles. The molecule has 2 heteroatoms. The highest BCUT2D eigenvalue weighted by atomic mass is 15.0. The first-order valence-electron chi connectivity index (χ1n) is 20.2. The summed E-state index contributed by atoms with van der Waals surface area (Å²) in [6, 6.07) is 59.9. The van der Waals surface area contributed by atoms with Crippen LogP contribution in [-0.2, 0) is 11.8 Å². The zero-order chi connectivity index (χ0) is 38.3. The Balaban J connectivity index is 1.04. The Bertz CT molecular complexity index is 2950. The minimum Gasteiger partial charge on any atom is -0.309 e. The van der Waals surface area contributed by atoms with Crippen molar-refractivity contribution in [3.05, 3.63) is 222 Å². The molecule has 0 atom stereocenters. The van der Waals surface area contributed by atoms with Gasteiger partial charge in [-0.25, -0.2) is 0 Å². The van der Waals surface area contributed by atoms with Crippen molar-refractivity contribution >= 4 is 28.0 Å². The summed E-state index contributed by atoms with van der Waals surface area (Å²) in [7, 11) is 0. The Hall–Kier alpha value is -6.77. The van der Waals surface area contributed by atoms with Crippen LogP contribution < -0.4 is 0 Å². The summed E-state index contributed by atoms with van der Waals surface area (Å²) in [4.78, 5) is 5.08. The van der Waals surface area contributed by atoms with E-state index >= 15 is 0 Å². The normalized spacial score (nSPS) is 14.6. The van der Waals surface area contributed by atoms with Crippen LogP contribution in [0.15, 0.2) is 204 Å². The number of para-hydroxylation sites is 2. The number of hydrogen-bond acceptors (Lipinski definition) is 1. The fourth-order valence-electron chi connectivity index (χ4n) is 9.20. The van der Waals surface area contributed by atoms with E-state index in [0.717, 1.165) is 30.5 Å². The molecule has 0 radical (unpaired) electrons. The molecule has 0 saturated carbocycles. The second kappa shape index (κ2) is 14.4. The van der Waals surface area contributed by atoms with Gasteiger partial charge in [-0.1, -0.05) is 172 Å². The standard InChI is InChI=1S/C55H44N2/c1-55(2)49-28-12-9-23-43(49)46-26-16-27-47(54(46)55)44-24-10-13-29-51(44)57-52-30-14-11-25-45(52)48-36-42(32-34-53(48)57)41-22-15-19-39(35-41)37-56-50(40-20-7-4-8-21-40)33-31-38-17-5-3-6-18-38/h3,5-7,9-30,32-37H,4,8,31H2,1-2H3/b50-33-,56-37+. The largest absolute Gasteiger partial charge is 0.309 e. The second-order valence-corrected chi connectivity index (χ2v) is 15.8. The Morgan fingerprint density at radius 3 is 2.18 bits per heavy atom. The van der Waals surface area contributed by atoms with Crippen LogP contribution in [0.1, 0.15) is 48.9 Å². The third-order valence-corrected chi connectivity index (χ3v) is 11.9. The van der Waals surface area contributed by atoms with Gasteiger partial charge in [-0.2, -0.15) is 0 Å². The first-order valence-corrected chi connectivity index (χ1v) is 20.2. The summed E-state index contributed by atoms with van der Waals surface area (Å²) in [6.45, 7) is 4.75. The van der Waals surface area contributed by atoms with Crippen molar-refractivity contribution in [3.8, 4) is 39.1 Å². The van der Waals surface area contributed by atoms with Gasteiger partial charge in [-0.05, 0) is 105 Å². The van der Waals surface area contributed by atoms with E-state index in [4.69, 9.17) is 4.99 Å². The van der Waals surface area contributed by atoms with Crippen LogP contribution in [0.5, 0.6) is 0 Å². The smallest absolute Gasteiger partial charge is 0.0662 e. The Labute approximate surface area is 335 Å². The summed E-state index contributed by atoms with van der Waals surface area (Å²) in [6.07, 6.45) is 14.0. The fraction of sp³-hybridized carbons (Fsp3) is 0.109. The van der Waals surface area contributed by atoms with E-state index in [1.807, 2.05) is 6.21 Å². The van der Waals surface area contributed by atoms with E-state index in [9.17, 15) is 0 Å². The molecular weight excluding hydrogens is 689 g/mol. The fourth-order valence-corrected chi connectivity index (χ4v) is 9.20. The molecule has 274 valence electrons. The number of allylic oxidation sites excluding steroid dienone is 4. The van der Waals surface area contributed by atoms with Gasteiger partial charge in [0.05, 0.1) is 22.4 Å². The Morgan fingerprint density at radius 1 is 0.614 bits per heavy atom. The molecule has 2 aliphatic carbocycles. The van der Waals surface area contributed by atoms with Gasteiger partial charge in [-0.15, -0.1) is 0 Å². The minimum atomic E-state index is -0.116. The van der Waals surface area contributed by atoms with Crippen LogP contribution in [0.2, 0.25) is 0 Å². The van der Waals surface area contributed by atoms with Gasteiger partial charge < -0.3 is 4.57 Å². The Morgan fingerprint density at radius 2 is 1.32 bits per heavy atom. The number of rotatable bonds is 8. The first-order chi connectivity index (χ1) is 28.0. The topological polar surface area (TPSA) is 17.3 Å². The molecule has 0 unspecified atom stereocenters. The number of hydrogen-bond donors (Lipinski definition) is 0. The molecule has 0 aliphatic heterocycles. The number of benzene rings is 7. The predicted octanol–water partition coefficient (Wildman–Crippen LogP) is 14.2. The molecule has 0 N–H and O–H groups in total. The van der Waals surface area contributed by atoms with E-state index in [2.05, 4.69) is 207 Å². The van der Waals surface area contributed by atoms with Crippen molar-refractivity contribution in [1.82, 2.24) is 4.57 Å². The van der Waals surface area contributed by atoms with Gasteiger partial charge in [0, 0.05) is 28.0 Å². The van der Waals surface area contributed by atoms with Crippen LogP contribution in [0.4, 0.5) is 0 Å². The molecule has 0 spiro atoms. The van der Waals surface area contributed by atoms with Crippen molar-refractivity contribution < 1.29 is 0 Å². The lowest BCUT2D eigenvalue weighted by molar-refractivity contribution is 0.662. The quantitative estimate of drug-likeness (QED) is 0.138. The van der Waals surface area contributed by atoms with Crippen molar-refractivity contribution in [2.24, 2.45) is 4.99 Å². The maximum absolute atomic E-state index is 5.08. The van der Waals surface area contributed by atoms with Crippen molar-refractivity contribution in [3.63, 3.8) is 0 Å². The number of fused-ring (bicyclic) bond motifs is 6. The van der Waals surface area contributed by atoms with Crippen LogP contribution in [0, 0.1) is 0 Å². The SMILES string of the molecule is CC1(C)c2ccccc2-c2cccc(-c3ccccc3-n3c4ccccc4c4cc(-c5cccc(/C=N/C(=C\Cc6ccccc6)C6=CCCC=C6)c5)ccc43)c21. The summed E-state index contributed by atoms with van der Waals surface area (Å²) < 4.78 is 2.47. The predicted molar refractivity (Wildman–Crippen MR) is 241 cm³/mol. The molecule has 0 fully saturated rings. The summed E-state index contributed by atoms with van der Waals surface area (Å²) >= 11 is 0. The lowest BCUT2D eigenvalue weighted by Gasteiger charge is -2.25. The van der Waals surface area contributed by atoms with Gasteiger partial charge >= 0.3 is 0 Å².